The molecule has 2 rings (SSSR count). The molecule has 0 radical (unpaired) electrons. The maximum Gasteiger partial charge on any atom is 0.337 e. The minimum Gasteiger partial charge on any atom is -0.465 e. The lowest BCUT2D eigenvalue weighted by Crippen LogP contribution is -2.29. The standard InChI is InChI=1S/C13H13NO4/c1-7(15)12-11(16)6-9-5-8(13(17)18-2)3-4-10(9)14-12/h3-5,7,15H,6H2,1-2H3. The molecule has 18 heavy (non-hydrogen) atoms. The van der Waals surface area contributed by atoms with Gasteiger partial charge in [0, 0.05) is 6.42 Å². The predicted octanol–water partition coefficient (Wildman–Crippen LogP) is 1.05. The third-order valence-corrected chi connectivity index (χ3v) is 2.77. The van der Waals surface area contributed by atoms with Crippen molar-refractivity contribution < 1.29 is 19.4 Å². The number of esters is 1. The molecule has 0 aromatic heterocycles. The van der Waals surface area contributed by atoms with Crippen LogP contribution in [0.15, 0.2) is 23.2 Å². The number of ether oxygens (including phenoxy) is 1. The number of aliphatic hydroxyl groups is 1. The van der Waals surface area contributed by atoms with Crippen molar-refractivity contribution in [1.82, 2.24) is 0 Å². The lowest BCUT2D eigenvalue weighted by Gasteiger charge is -2.16. The SMILES string of the molecule is COC(=O)c1ccc2c(c1)CC(=O)C(C(C)O)=N2. The number of nitrogens with zero attached hydrogens (tertiary/aromatic N) is 1. The number of hydrogen-bond acceptors (Lipinski definition) is 5. The molecule has 5 heteroatoms. The molecule has 1 N–H and O–H groups in total. The lowest BCUT2D eigenvalue weighted by atomic mass is 9.96. The van der Waals surface area contributed by atoms with E-state index in [0.717, 1.165) is 0 Å². The van der Waals surface area contributed by atoms with E-state index in [2.05, 4.69) is 9.73 Å². The second-order valence-electron chi connectivity index (χ2n) is 4.11. The number of aliphatic hydroxyl groups excluding tert-OH is 1. The topological polar surface area (TPSA) is 76.0 Å². The summed E-state index contributed by atoms with van der Waals surface area (Å²) in [7, 11) is 1.30. The van der Waals surface area contributed by atoms with Crippen molar-refractivity contribution in [3.63, 3.8) is 0 Å². The van der Waals surface area contributed by atoms with Gasteiger partial charge in [-0.2, -0.15) is 0 Å². The van der Waals surface area contributed by atoms with Crippen LogP contribution in [0.4, 0.5) is 5.69 Å². The molecule has 0 bridgehead atoms. The highest BCUT2D eigenvalue weighted by molar-refractivity contribution is 6.43. The van der Waals surface area contributed by atoms with Crippen molar-refractivity contribution in [3.05, 3.63) is 29.3 Å². The number of ketones is 1. The normalized spacial score (nSPS) is 15.7. The van der Waals surface area contributed by atoms with Crippen LogP contribution in [-0.4, -0.2) is 35.8 Å². The summed E-state index contributed by atoms with van der Waals surface area (Å²) in [5.41, 5.74) is 1.83. The van der Waals surface area contributed by atoms with E-state index in [9.17, 15) is 14.7 Å². The number of methoxy groups -OCH3 is 1. The van der Waals surface area contributed by atoms with Gasteiger partial charge in [-0.3, -0.25) is 4.79 Å². The number of carbonyl (C=O) groups excluding carboxylic acids is 2. The van der Waals surface area contributed by atoms with Crippen LogP contribution in [0.5, 0.6) is 0 Å². The van der Waals surface area contributed by atoms with Gasteiger partial charge >= 0.3 is 5.97 Å². The molecule has 0 saturated carbocycles. The average molecular weight is 247 g/mol. The van der Waals surface area contributed by atoms with Crippen molar-refractivity contribution in [2.75, 3.05) is 7.11 Å². The molecule has 0 spiro atoms. The number of rotatable bonds is 2. The van der Waals surface area contributed by atoms with Crippen LogP contribution >= 0.6 is 0 Å². The fourth-order valence-electron chi connectivity index (χ4n) is 1.86. The van der Waals surface area contributed by atoms with E-state index in [4.69, 9.17) is 0 Å². The first-order valence-corrected chi connectivity index (χ1v) is 5.54. The largest absolute Gasteiger partial charge is 0.465 e. The molecule has 0 aliphatic carbocycles. The van der Waals surface area contributed by atoms with Gasteiger partial charge in [0.15, 0.2) is 5.78 Å². The molecular weight excluding hydrogens is 234 g/mol. The van der Waals surface area contributed by atoms with Crippen LogP contribution < -0.4 is 0 Å². The zero-order valence-corrected chi connectivity index (χ0v) is 10.1. The van der Waals surface area contributed by atoms with E-state index in [1.165, 1.54) is 14.0 Å². The summed E-state index contributed by atoms with van der Waals surface area (Å²) in [6.07, 6.45) is -0.741. The molecule has 1 aliphatic heterocycles. The Hall–Kier alpha value is -2.01. The van der Waals surface area contributed by atoms with Gasteiger partial charge in [0.05, 0.1) is 24.5 Å². The Labute approximate surface area is 104 Å². The number of fused-ring (bicyclic) bond motifs is 1. The molecule has 1 aromatic rings. The van der Waals surface area contributed by atoms with Crippen molar-refractivity contribution in [2.24, 2.45) is 4.99 Å². The maximum absolute atomic E-state index is 11.7. The smallest absolute Gasteiger partial charge is 0.337 e. The van der Waals surface area contributed by atoms with Crippen molar-refractivity contribution >= 4 is 23.2 Å². The first kappa shape index (κ1) is 12.4. The van der Waals surface area contributed by atoms with Crippen LogP contribution in [0.2, 0.25) is 0 Å². The van der Waals surface area contributed by atoms with E-state index in [0.29, 0.717) is 16.8 Å². The van der Waals surface area contributed by atoms with Crippen LogP contribution in [0, 0.1) is 0 Å². The molecule has 94 valence electrons. The van der Waals surface area contributed by atoms with Gasteiger partial charge in [0.25, 0.3) is 0 Å². The molecule has 0 fully saturated rings. The molecule has 0 saturated heterocycles. The van der Waals surface area contributed by atoms with E-state index in [-0.39, 0.29) is 17.9 Å². The summed E-state index contributed by atoms with van der Waals surface area (Å²) in [5.74, 6) is -0.671. The highest BCUT2D eigenvalue weighted by Gasteiger charge is 2.24. The van der Waals surface area contributed by atoms with Crippen LogP contribution in [-0.2, 0) is 16.0 Å². The lowest BCUT2D eigenvalue weighted by molar-refractivity contribution is -0.112. The third-order valence-electron chi connectivity index (χ3n) is 2.77. The van der Waals surface area contributed by atoms with Crippen LogP contribution in [0.25, 0.3) is 0 Å². The van der Waals surface area contributed by atoms with E-state index in [1.54, 1.807) is 18.2 Å². The average Bonchev–Trinajstić information content (AvgIpc) is 2.35. The summed E-state index contributed by atoms with van der Waals surface area (Å²) in [6, 6.07) is 4.83. The van der Waals surface area contributed by atoms with Gasteiger partial charge in [-0.15, -0.1) is 0 Å². The number of carbonyl (C=O) groups is 2. The second kappa shape index (κ2) is 4.70. The third kappa shape index (κ3) is 2.17. The Morgan fingerprint density at radius 1 is 1.50 bits per heavy atom. The summed E-state index contributed by atoms with van der Waals surface area (Å²) in [6.45, 7) is 1.50. The zero-order chi connectivity index (χ0) is 13.3. The van der Waals surface area contributed by atoms with Crippen LogP contribution in [0.1, 0.15) is 22.8 Å². The van der Waals surface area contributed by atoms with E-state index < -0.39 is 12.1 Å². The predicted molar refractivity (Wildman–Crippen MR) is 65.3 cm³/mol. The molecule has 1 heterocycles. The van der Waals surface area contributed by atoms with Gasteiger partial charge < -0.3 is 9.84 Å². The molecule has 1 aliphatic rings. The fourth-order valence-corrected chi connectivity index (χ4v) is 1.86. The Kier molecular flexibility index (Phi) is 3.25. The Bertz CT molecular complexity index is 546. The molecular formula is C13H13NO4. The Morgan fingerprint density at radius 3 is 2.83 bits per heavy atom. The highest BCUT2D eigenvalue weighted by atomic mass is 16.5. The Balaban J connectivity index is 2.44. The Morgan fingerprint density at radius 2 is 2.22 bits per heavy atom. The summed E-state index contributed by atoms with van der Waals surface area (Å²) >= 11 is 0. The van der Waals surface area contributed by atoms with E-state index >= 15 is 0 Å². The fraction of sp³-hybridized carbons (Fsp3) is 0.308. The molecule has 1 aromatic carbocycles. The van der Waals surface area contributed by atoms with Crippen molar-refractivity contribution in [3.8, 4) is 0 Å². The quantitative estimate of drug-likeness (QED) is 0.792. The van der Waals surface area contributed by atoms with Gasteiger partial charge in [-0.05, 0) is 30.7 Å². The number of hydrogen-bond donors (Lipinski definition) is 1. The molecule has 1 atom stereocenters. The van der Waals surface area contributed by atoms with Gasteiger partial charge in [0.2, 0.25) is 0 Å². The number of Topliss-reactive ketones (excluding diaryl/α,β-unsaturated/α-hetero) is 1. The summed E-state index contributed by atoms with van der Waals surface area (Å²) < 4.78 is 4.61. The summed E-state index contributed by atoms with van der Waals surface area (Å²) in [5, 5.41) is 9.43. The molecule has 1 unspecified atom stereocenters. The van der Waals surface area contributed by atoms with Crippen LogP contribution in [0.3, 0.4) is 0 Å². The first-order valence-electron chi connectivity index (χ1n) is 5.54. The maximum atomic E-state index is 11.7. The number of aliphatic imine (C=N–C) groups is 1. The first-order chi connectivity index (χ1) is 8.52. The van der Waals surface area contributed by atoms with Crippen molar-refractivity contribution in [1.29, 1.82) is 0 Å². The molecule has 5 nitrogen and oxygen atoms in total. The minimum atomic E-state index is -0.883. The van der Waals surface area contributed by atoms with Gasteiger partial charge in [-0.25, -0.2) is 9.79 Å². The van der Waals surface area contributed by atoms with E-state index in [1.807, 2.05) is 0 Å². The molecule has 0 amide bonds. The zero-order valence-electron chi connectivity index (χ0n) is 10.1. The second-order valence-corrected chi connectivity index (χ2v) is 4.11. The highest BCUT2D eigenvalue weighted by Crippen LogP contribution is 2.26. The minimum absolute atomic E-state index is 0.143. The van der Waals surface area contributed by atoms with Gasteiger partial charge in [-0.1, -0.05) is 0 Å². The van der Waals surface area contributed by atoms with Crippen molar-refractivity contribution in [2.45, 2.75) is 19.4 Å². The monoisotopic (exact) mass is 247 g/mol. The van der Waals surface area contributed by atoms with Gasteiger partial charge in [0.1, 0.15) is 5.71 Å². The number of benzene rings is 1. The summed E-state index contributed by atoms with van der Waals surface area (Å²) in [4.78, 5) is 27.2.